The highest BCUT2D eigenvalue weighted by atomic mass is 16.5. The van der Waals surface area contributed by atoms with Crippen LogP contribution in [0.5, 0.6) is 5.75 Å². The minimum absolute atomic E-state index is 0.00270. The molecule has 1 aromatic carbocycles. The molecule has 2 heterocycles. The maximum Gasteiger partial charge on any atom is 0.309 e. The van der Waals surface area contributed by atoms with Crippen LogP contribution >= 0.6 is 0 Å². The van der Waals surface area contributed by atoms with Crippen LogP contribution in [0.4, 0.5) is 0 Å². The zero-order valence-corrected chi connectivity index (χ0v) is 20.2. The van der Waals surface area contributed by atoms with E-state index in [4.69, 9.17) is 9.47 Å². The highest BCUT2D eigenvalue weighted by molar-refractivity contribution is 6.28. The summed E-state index contributed by atoms with van der Waals surface area (Å²) in [4.78, 5) is 40.1. The molecule has 4 rings (SSSR count). The first-order valence-electron chi connectivity index (χ1n) is 11.3. The van der Waals surface area contributed by atoms with Crippen LogP contribution in [0, 0.1) is 0 Å². The lowest BCUT2D eigenvalue weighted by Crippen LogP contribution is -2.50. The summed E-state index contributed by atoms with van der Waals surface area (Å²) in [6, 6.07) is 2.76. The number of aliphatic hydroxyl groups excluding tert-OH is 2. The fourth-order valence-corrected chi connectivity index (χ4v) is 5.00. The van der Waals surface area contributed by atoms with Crippen molar-refractivity contribution in [2.75, 3.05) is 21.2 Å². The number of hydrogen-bond donors (Lipinski definition) is 3. The smallest absolute Gasteiger partial charge is 0.309 e. The highest BCUT2D eigenvalue weighted by Gasteiger charge is 2.45. The number of hydrogen-bond acceptors (Lipinski definition) is 10. The zero-order chi connectivity index (χ0) is 25.8. The molecule has 0 aromatic heterocycles. The highest BCUT2D eigenvalue weighted by Crippen LogP contribution is 2.46. The third-order valence-corrected chi connectivity index (χ3v) is 6.91. The molecule has 5 atom stereocenters. The molecule has 35 heavy (non-hydrogen) atoms. The summed E-state index contributed by atoms with van der Waals surface area (Å²) in [5.74, 6) is -2.86. The maximum atomic E-state index is 13.5. The fraction of sp³-hybridized carbons (Fsp3) is 0.480. The predicted octanol–water partition coefficient (Wildman–Crippen LogP) is 1.80. The van der Waals surface area contributed by atoms with Crippen LogP contribution in [0.3, 0.4) is 0 Å². The number of likely N-dealkylation sites (N-methyl/N-ethyl adjacent to an activating group) is 1. The third-order valence-electron chi connectivity index (χ3n) is 6.91. The first kappa shape index (κ1) is 24.9. The second-order valence-corrected chi connectivity index (χ2v) is 9.25. The fourth-order valence-electron chi connectivity index (χ4n) is 5.00. The predicted molar refractivity (Wildman–Crippen MR) is 123 cm³/mol. The van der Waals surface area contributed by atoms with Crippen molar-refractivity contribution in [3.05, 3.63) is 45.7 Å². The number of esters is 1. The third kappa shape index (κ3) is 4.01. The molecule has 0 amide bonds. The first-order valence-corrected chi connectivity index (χ1v) is 11.3. The molecule has 3 aliphatic rings. The number of allylic oxidation sites excluding steroid dienone is 2. The van der Waals surface area contributed by atoms with Crippen LogP contribution in [0.25, 0.3) is 5.76 Å². The van der Waals surface area contributed by atoms with E-state index in [1.165, 1.54) is 26.2 Å². The van der Waals surface area contributed by atoms with E-state index in [2.05, 4.69) is 4.74 Å². The van der Waals surface area contributed by atoms with Crippen molar-refractivity contribution in [2.24, 2.45) is 0 Å². The van der Waals surface area contributed by atoms with Crippen LogP contribution in [0.1, 0.15) is 54.3 Å². The van der Waals surface area contributed by atoms with Gasteiger partial charge in [-0.15, -0.1) is 0 Å². The molecule has 0 spiro atoms. The van der Waals surface area contributed by atoms with Gasteiger partial charge in [0.2, 0.25) is 11.6 Å². The molecule has 10 nitrogen and oxygen atoms in total. The maximum absolute atomic E-state index is 13.5. The Bertz CT molecular complexity index is 1170. The van der Waals surface area contributed by atoms with Crippen LogP contribution in [0.15, 0.2) is 29.0 Å². The zero-order valence-electron chi connectivity index (χ0n) is 20.2. The Kier molecular flexibility index (Phi) is 6.48. The number of aromatic hydroxyl groups is 1. The molecular weight excluding hydrogens is 458 g/mol. The van der Waals surface area contributed by atoms with Crippen molar-refractivity contribution in [1.29, 1.82) is 0 Å². The average Bonchev–Trinajstić information content (AvgIpc) is 2.80. The standard InChI is InChI=1S/C25H29NO9/c1-10-18-20(24(31)16(34-10)9-17(27)33-5)23(30)13-7-6-12(22(29)19(13)25(18)32)15-8-14(26(3)4)21(28)11(2)35-15/h6-7,11,14-16,21,28-30H,8-9H2,1-5H3. The lowest BCUT2D eigenvalue weighted by atomic mass is 9.78. The van der Waals surface area contributed by atoms with Gasteiger partial charge in [0.1, 0.15) is 17.3 Å². The van der Waals surface area contributed by atoms with Crippen molar-refractivity contribution in [3.8, 4) is 5.75 Å². The number of carbonyl (C=O) groups is 3. The average molecular weight is 488 g/mol. The Hall–Kier alpha value is -3.21. The molecule has 1 saturated heterocycles. The molecule has 2 aliphatic heterocycles. The van der Waals surface area contributed by atoms with Gasteiger partial charge in [-0.25, -0.2) is 0 Å². The summed E-state index contributed by atoms with van der Waals surface area (Å²) >= 11 is 0. The van der Waals surface area contributed by atoms with Gasteiger partial charge in [-0.2, -0.15) is 0 Å². The number of ketones is 2. The van der Waals surface area contributed by atoms with Crippen LogP contribution in [-0.4, -0.2) is 83.3 Å². The molecule has 0 saturated carbocycles. The topological polar surface area (TPSA) is 143 Å². The van der Waals surface area contributed by atoms with Gasteiger partial charge in [-0.3, -0.25) is 14.4 Å². The van der Waals surface area contributed by atoms with Gasteiger partial charge in [0.25, 0.3) is 0 Å². The summed E-state index contributed by atoms with van der Waals surface area (Å²) in [6.45, 7) is 3.19. The normalized spacial score (nSPS) is 28.6. The summed E-state index contributed by atoms with van der Waals surface area (Å²) in [6.07, 6.45) is -3.11. The van der Waals surface area contributed by atoms with E-state index < -0.39 is 47.7 Å². The van der Waals surface area contributed by atoms with Gasteiger partial charge in [0.05, 0.1) is 48.6 Å². The van der Waals surface area contributed by atoms with Crippen molar-refractivity contribution < 1.29 is 43.9 Å². The van der Waals surface area contributed by atoms with Crippen LogP contribution in [0.2, 0.25) is 0 Å². The Morgan fingerprint density at radius 1 is 1.20 bits per heavy atom. The first-order chi connectivity index (χ1) is 16.5. The molecule has 3 N–H and O–H groups in total. The van der Waals surface area contributed by atoms with Crippen molar-refractivity contribution >= 4 is 23.3 Å². The lowest BCUT2D eigenvalue weighted by molar-refractivity contribution is -0.146. The summed E-state index contributed by atoms with van der Waals surface area (Å²) in [7, 11) is 4.86. The number of aliphatic hydroxyl groups is 2. The van der Waals surface area contributed by atoms with E-state index >= 15 is 0 Å². The van der Waals surface area contributed by atoms with E-state index in [0.717, 1.165) is 0 Å². The minimum atomic E-state index is -1.24. The van der Waals surface area contributed by atoms with E-state index in [9.17, 15) is 29.7 Å². The number of benzene rings is 1. The van der Waals surface area contributed by atoms with Crippen LogP contribution < -0.4 is 0 Å². The van der Waals surface area contributed by atoms with E-state index in [0.29, 0.717) is 12.0 Å². The van der Waals surface area contributed by atoms with E-state index in [1.807, 2.05) is 19.0 Å². The monoisotopic (exact) mass is 487 g/mol. The van der Waals surface area contributed by atoms with Gasteiger partial charge in [0.15, 0.2) is 6.10 Å². The SMILES string of the molecule is COC(=O)CC1OC(C)=C2C(=O)c3c(ccc(C4CC(N(C)C)C(O)C(C)O4)c3O)C(O)=C2C1=O. The lowest BCUT2D eigenvalue weighted by Gasteiger charge is -2.41. The van der Waals surface area contributed by atoms with E-state index in [1.54, 1.807) is 6.92 Å². The molecule has 1 aliphatic carbocycles. The Balaban J connectivity index is 1.79. The molecule has 1 aromatic rings. The number of fused-ring (bicyclic) bond motifs is 2. The number of ether oxygens (including phenoxy) is 3. The number of methoxy groups -OCH3 is 1. The number of rotatable bonds is 4. The quantitative estimate of drug-likeness (QED) is 0.538. The second-order valence-electron chi connectivity index (χ2n) is 9.25. The number of nitrogens with zero attached hydrogens (tertiary/aromatic N) is 1. The van der Waals surface area contributed by atoms with E-state index in [-0.39, 0.29) is 46.2 Å². The molecule has 10 heteroatoms. The molecule has 0 radical (unpaired) electrons. The van der Waals surface area contributed by atoms with Crippen molar-refractivity contribution in [3.63, 3.8) is 0 Å². The second kappa shape index (κ2) is 9.10. The minimum Gasteiger partial charge on any atom is -0.507 e. The molecule has 5 unspecified atom stereocenters. The molecule has 0 bridgehead atoms. The van der Waals surface area contributed by atoms with Crippen LogP contribution in [-0.2, 0) is 23.8 Å². The summed E-state index contributed by atoms with van der Waals surface area (Å²) in [5.41, 5.74) is -0.227. The Morgan fingerprint density at radius 3 is 2.51 bits per heavy atom. The Morgan fingerprint density at radius 2 is 1.89 bits per heavy atom. The van der Waals surface area contributed by atoms with Gasteiger partial charge in [-0.05, 0) is 40.4 Å². The van der Waals surface area contributed by atoms with Gasteiger partial charge in [-0.1, -0.05) is 6.07 Å². The van der Waals surface area contributed by atoms with Crippen molar-refractivity contribution in [1.82, 2.24) is 4.90 Å². The number of Topliss-reactive ketones (excluding diaryl/α,β-unsaturated/α-hetero) is 2. The largest absolute Gasteiger partial charge is 0.507 e. The van der Waals surface area contributed by atoms with Gasteiger partial charge in [0, 0.05) is 17.2 Å². The summed E-state index contributed by atoms with van der Waals surface area (Å²) in [5, 5.41) is 32.7. The number of phenols is 1. The summed E-state index contributed by atoms with van der Waals surface area (Å²) < 4.78 is 16.1. The van der Waals surface area contributed by atoms with Crippen molar-refractivity contribution in [2.45, 2.75) is 57.1 Å². The molecule has 1 fully saturated rings. The molecular formula is C25H29NO9. The number of carbonyl (C=O) groups excluding carboxylic acids is 3. The Labute approximate surface area is 202 Å². The van der Waals surface area contributed by atoms with Gasteiger partial charge < -0.3 is 34.4 Å². The molecule has 188 valence electrons. The van der Waals surface area contributed by atoms with Gasteiger partial charge >= 0.3 is 5.97 Å². The number of phenolic OH excluding ortho intramolecular Hbond substituents is 1.